The third kappa shape index (κ3) is 14.6. The van der Waals surface area contributed by atoms with Crippen LogP contribution in [-0.2, 0) is 44.6 Å². The molecule has 0 fully saturated rings. The van der Waals surface area contributed by atoms with Crippen LogP contribution in [0.1, 0.15) is 254 Å². The summed E-state index contributed by atoms with van der Waals surface area (Å²) in [5.74, 6) is 21.2. The summed E-state index contributed by atoms with van der Waals surface area (Å²) in [7, 11) is 0. The van der Waals surface area contributed by atoms with Gasteiger partial charge in [-0.2, -0.15) is 0 Å². The third-order valence-corrected chi connectivity index (χ3v) is 13.9. The van der Waals surface area contributed by atoms with E-state index in [0.717, 1.165) is 78.4 Å². The first-order valence-corrected chi connectivity index (χ1v) is 28.3. The molecule has 0 saturated carbocycles. The van der Waals surface area contributed by atoms with Crippen LogP contribution in [0.15, 0.2) is 48.5 Å². The molecule has 0 bridgehead atoms. The van der Waals surface area contributed by atoms with E-state index in [-0.39, 0.29) is 0 Å². The highest BCUT2D eigenvalue weighted by Gasteiger charge is 2.36. The number of nitrogens with one attached hydrogen (secondary N) is 4. The van der Waals surface area contributed by atoms with Gasteiger partial charge in [0.25, 0.3) is 0 Å². The molecule has 12 nitrogen and oxygen atoms in total. The smallest absolute Gasteiger partial charge is 0.355 e. The van der Waals surface area contributed by atoms with Gasteiger partial charge in [0, 0.05) is 33.9 Å². The number of rotatable bonds is 14. The van der Waals surface area contributed by atoms with Crippen molar-refractivity contribution in [2.24, 2.45) is 0 Å². The number of H-pyrrole nitrogens is 4. The van der Waals surface area contributed by atoms with E-state index in [1.807, 2.05) is 187 Å². The van der Waals surface area contributed by atoms with Gasteiger partial charge in [-0.1, -0.05) is 75.9 Å². The second-order valence-electron chi connectivity index (χ2n) is 24.5. The SMILES string of the molecule is CCc1c(C(=O)OC(C)(C)C)[nH]c(C(c2ccccc2C#CC#CC#CC#Cc2ccccc2C(c2[nH]c(C(=O)OC(C)(C)C)c(CC)c2C)c2[nH]c(C(=O)OC(C)(C)C)c(CC)c2C)c2[nH]c(C(=O)OC(C)(C)C)c(CC)c2C)c1C. The molecule has 0 amide bonds. The molecule has 0 aliphatic rings. The maximum Gasteiger partial charge on any atom is 0.355 e. The van der Waals surface area contributed by atoms with Gasteiger partial charge in [0.2, 0.25) is 0 Å². The van der Waals surface area contributed by atoms with Crippen molar-refractivity contribution in [1.29, 1.82) is 0 Å². The van der Waals surface area contributed by atoms with Gasteiger partial charge < -0.3 is 38.9 Å². The minimum Gasteiger partial charge on any atom is -0.455 e. The zero-order valence-corrected chi connectivity index (χ0v) is 51.9. The predicted molar refractivity (Wildman–Crippen MR) is 324 cm³/mol. The molecule has 6 aromatic rings. The number of benzene rings is 2. The first kappa shape index (κ1) is 62.9. The molecule has 6 rings (SSSR count). The fourth-order valence-corrected chi connectivity index (χ4v) is 10.5. The summed E-state index contributed by atoms with van der Waals surface area (Å²) in [6.45, 7) is 38.2. The lowest BCUT2D eigenvalue weighted by Crippen LogP contribution is -2.25. The van der Waals surface area contributed by atoms with Crippen LogP contribution in [0.5, 0.6) is 0 Å². The summed E-state index contributed by atoms with van der Waals surface area (Å²) in [5, 5.41) is 0. The molecule has 0 aliphatic carbocycles. The zero-order valence-electron chi connectivity index (χ0n) is 51.9. The Morgan fingerprint density at radius 3 is 0.817 bits per heavy atom. The Labute approximate surface area is 486 Å². The molecule has 82 heavy (non-hydrogen) atoms. The van der Waals surface area contributed by atoms with Crippen LogP contribution < -0.4 is 0 Å². The summed E-state index contributed by atoms with van der Waals surface area (Å²) in [4.78, 5) is 69.3. The molecule has 0 saturated heterocycles. The fraction of sp³-hybridized carbons (Fsp3) is 0.429. The molecule has 0 spiro atoms. The molecule has 0 radical (unpaired) electrons. The average molecular weight is 1110 g/mol. The van der Waals surface area contributed by atoms with Crippen molar-refractivity contribution in [2.45, 2.75) is 198 Å². The number of hydrogen-bond acceptors (Lipinski definition) is 8. The molecule has 430 valence electrons. The quantitative estimate of drug-likeness (QED) is 0.0475. The lowest BCUT2D eigenvalue weighted by atomic mass is 9.85. The van der Waals surface area contributed by atoms with Crippen molar-refractivity contribution < 1.29 is 38.1 Å². The van der Waals surface area contributed by atoms with Crippen molar-refractivity contribution in [3.8, 4) is 47.4 Å². The maximum absolute atomic E-state index is 13.8. The van der Waals surface area contributed by atoms with E-state index in [9.17, 15) is 19.2 Å². The van der Waals surface area contributed by atoms with Crippen LogP contribution in [0.4, 0.5) is 0 Å². The normalized spacial score (nSPS) is 11.6. The number of ether oxygens (including phenoxy) is 4. The minimum absolute atomic E-state index is 0.381. The van der Waals surface area contributed by atoms with Crippen LogP contribution >= 0.6 is 0 Å². The zero-order chi connectivity index (χ0) is 60.8. The number of carbonyl (C=O) groups excluding carboxylic acids is 4. The number of aromatic nitrogens is 4. The summed E-state index contributed by atoms with van der Waals surface area (Å²) in [6, 6.07) is 15.5. The van der Waals surface area contributed by atoms with E-state index >= 15 is 0 Å². The number of esters is 4. The Morgan fingerprint density at radius 1 is 0.378 bits per heavy atom. The van der Waals surface area contributed by atoms with Crippen molar-refractivity contribution in [1.82, 2.24) is 19.9 Å². The third-order valence-electron chi connectivity index (χ3n) is 13.9. The standard InChI is InChI=1S/C70H82N4O8/c1-21-47-41(5)55(71-59(47)63(75)79-67(9,10)11)53(56-42(6)48(22-2)60(72-56)64(76)80-68(12,13)14)51-39-33-31-37-45(51)35-29-27-25-26-28-30-36-46-38-32-34-40-52(46)54(57-43(7)49(23-3)61(73-57)65(77)81-69(15,16)17)58-44(8)50(24-4)62(74-58)66(78)82-70(18,19)20/h31-34,37-40,53-54,71-74H,21-24H2,1-20H3. The van der Waals surface area contributed by atoms with Gasteiger partial charge in [-0.3, -0.25) is 0 Å². The highest BCUT2D eigenvalue weighted by atomic mass is 16.6. The van der Waals surface area contributed by atoms with Crippen molar-refractivity contribution in [3.63, 3.8) is 0 Å². The second kappa shape index (κ2) is 25.2. The number of aromatic amines is 4. The van der Waals surface area contributed by atoms with E-state index in [1.165, 1.54) is 0 Å². The van der Waals surface area contributed by atoms with Crippen LogP contribution in [0, 0.1) is 75.1 Å². The summed E-state index contributed by atoms with van der Waals surface area (Å²) in [5.41, 5.74) is 11.6. The average Bonchev–Trinajstić information content (AvgIpc) is 2.25. The number of hydrogen-bond donors (Lipinski definition) is 4. The second-order valence-corrected chi connectivity index (χ2v) is 24.5. The van der Waals surface area contributed by atoms with Crippen LogP contribution in [0.2, 0.25) is 0 Å². The highest BCUT2D eigenvalue weighted by Crippen LogP contribution is 2.42. The molecule has 4 heterocycles. The van der Waals surface area contributed by atoms with Gasteiger partial charge in [0.05, 0.1) is 11.8 Å². The lowest BCUT2D eigenvalue weighted by molar-refractivity contribution is 0.00496. The molecular formula is C70H82N4O8. The summed E-state index contributed by atoms with van der Waals surface area (Å²) >= 11 is 0. The van der Waals surface area contributed by atoms with Gasteiger partial charge in [-0.05, 0) is 240 Å². The first-order chi connectivity index (χ1) is 38.3. The minimum atomic E-state index is -0.720. The van der Waals surface area contributed by atoms with Crippen molar-refractivity contribution in [3.05, 3.63) is 161 Å². The Morgan fingerprint density at radius 2 is 0.598 bits per heavy atom. The summed E-state index contributed by atoms with van der Waals surface area (Å²) < 4.78 is 23.6. The van der Waals surface area contributed by atoms with E-state index in [2.05, 4.69) is 67.3 Å². The first-order valence-electron chi connectivity index (χ1n) is 28.3. The van der Waals surface area contributed by atoms with E-state index < -0.39 is 58.1 Å². The Bertz CT molecular complexity index is 3280. The Hall–Kier alpha value is -8.32. The largest absolute Gasteiger partial charge is 0.455 e. The Kier molecular flexibility index (Phi) is 19.3. The molecule has 0 atom stereocenters. The van der Waals surface area contributed by atoms with Crippen molar-refractivity contribution in [2.75, 3.05) is 0 Å². The van der Waals surface area contributed by atoms with E-state index in [1.54, 1.807) is 0 Å². The van der Waals surface area contributed by atoms with Crippen molar-refractivity contribution >= 4 is 23.9 Å². The van der Waals surface area contributed by atoms with Crippen LogP contribution in [0.25, 0.3) is 0 Å². The van der Waals surface area contributed by atoms with Gasteiger partial charge in [0.15, 0.2) is 0 Å². The van der Waals surface area contributed by atoms with Gasteiger partial charge in [-0.15, -0.1) is 0 Å². The Balaban J connectivity index is 1.45. The van der Waals surface area contributed by atoms with Crippen LogP contribution in [0.3, 0.4) is 0 Å². The molecule has 12 heteroatoms. The van der Waals surface area contributed by atoms with Gasteiger partial charge in [0.1, 0.15) is 45.2 Å². The highest BCUT2D eigenvalue weighted by molar-refractivity contribution is 5.93. The van der Waals surface area contributed by atoms with E-state index in [4.69, 9.17) is 18.9 Å². The molecule has 4 N–H and O–H groups in total. The molecule has 4 aromatic heterocycles. The summed E-state index contributed by atoms with van der Waals surface area (Å²) in [6.07, 6.45) is 2.29. The van der Waals surface area contributed by atoms with Crippen LogP contribution in [-0.4, -0.2) is 66.2 Å². The number of carbonyl (C=O) groups is 4. The topological polar surface area (TPSA) is 168 Å². The molecule has 0 unspecified atom stereocenters. The monoisotopic (exact) mass is 1110 g/mol. The molecule has 2 aromatic carbocycles. The fourth-order valence-electron chi connectivity index (χ4n) is 10.5. The van der Waals surface area contributed by atoms with E-state index in [0.29, 0.717) is 59.6 Å². The molecular weight excluding hydrogens is 1020 g/mol. The van der Waals surface area contributed by atoms with Gasteiger partial charge >= 0.3 is 23.9 Å². The van der Waals surface area contributed by atoms with Gasteiger partial charge in [-0.25, -0.2) is 19.2 Å². The molecule has 0 aliphatic heterocycles. The predicted octanol–water partition coefficient (Wildman–Crippen LogP) is 14.1. The maximum atomic E-state index is 13.8. The lowest BCUT2D eigenvalue weighted by Gasteiger charge is -2.21.